The second-order valence-electron chi connectivity index (χ2n) is 2.87. The van der Waals surface area contributed by atoms with E-state index < -0.39 is 17.3 Å². The van der Waals surface area contributed by atoms with E-state index in [2.05, 4.69) is 0 Å². The standard InChI is InChI=1S/C9H8F3NO2/c10-9(11,12)7-3-1-4-13(8(7)15)5-2-6-14/h1,3-4,6H,2,5H2. The maximum Gasteiger partial charge on any atom is 0.421 e. The van der Waals surface area contributed by atoms with Gasteiger partial charge in [0.25, 0.3) is 5.56 Å². The molecular weight excluding hydrogens is 211 g/mol. The Bertz CT molecular complexity index is 409. The molecular formula is C9H8F3NO2. The summed E-state index contributed by atoms with van der Waals surface area (Å²) in [5, 5.41) is 0. The summed E-state index contributed by atoms with van der Waals surface area (Å²) < 4.78 is 37.7. The Labute approximate surface area is 83.1 Å². The zero-order chi connectivity index (χ0) is 11.5. The van der Waals surface area contributed by atoms with E-state index in [-0.39, 0.29) is 13.0 Å². The number of alkyl halides is 3. The minimum Gasteiger partial charge on any atom is -0.315 e. The van der Waals surface area contributed by atoms with Crippen LogP contribution in [0.15, 0.2) is 23.1 Å². The van der Waals surface area contributed by atoms with E-state index in [1.165, 1.54) is 6.20 Å². The van der Waals surface area contributed by atoms with Crippen molar-refractivity contribution in [2.24, 2.45) is 0 Å². The van der Waals surface area contributed by atoms with Crippen LogP contribution in [0.5, 0.6) is 0 Å². The van der Waals surface area contributed by atoms with E-state index in [0.29, 0.717) is 6.29 Å². The summed E-state index contributed by atoms with van der Waals surface area (Å²) >= 11 is 0. The van der Waals surface area contributed by atoms with Crippen molar-refractivity contribution >= 4 is 6.29 Å². The van der Waals surface area contributed by atoms with Gasteiger partial charge in [-0.3, -0.25) is 4.79 Å². The van der Waals surface area contributed by atoms with E-state index in [0.717, 1.165) is 16.7 Å². The van der Waals surface area contributed by atoms with Gasteiger partial charge < -0.3 is 9.36 Å². The molecule has 1 aromatic heterocycles. The molecule has 0 aromatic carbocycles. The van der Waals surface area contributed by atoms with Crippen LogP contribution >= 0.6 is 0 Å². The van der Waals surface area contributed by atoms with Crippen LogP contribution in [-0.4, -0.2) is 10.9 Å². The van der Waals surface area contributed by atoms with Crippen molar-refractivity contribution in [1.29, 1.82) is 0 Å². The summed E-state index contributed by atoms with van der Waals surface area (Å²) in [5.74, 6) is 0. The highest BCUT2D eigenvalue weighted by Crippen LogP contribution is 2.25. The lowest BCUT2D eigenvalue weighted by molar-refractivity contribution is -0.138. The molecule has 0 bridgehead atoms. The van der Waals surface area contributed by atoms with Gasteiger partial charge in [0.15, 0.2) is 0 Å². The second kappa shape index (κ2) is 4.29. The van der Waals surface area contributed by atoms with Gasteiger partial charge in [-0.15, -0.1) is 0 Å². The number of aromatic nitrogens is 1. The number of aryl methyl sites for hydroxylation is 1. The highest BCUT2D eigenvalue weighted by molar-refractivity contribution is 5.48. The number of pyridine rings is 1. The lowest BCUT2D eigenvalue weighted by Gasteiger charge is -2.08. The molecule has 0 aliphatic heterocycles. The van der Waals surface area contributed by atoms with Crippen LogP contribution in [0.4, 0.5) is 13.2 Å². The molecule has 1 aromatic rings. The number of carbonyl (C=O) groups excluding carboxylic acids is 1. The van der Waals surface area contributed by atoms with Crippen LogP contribution in [0.2, 0.25) is 0 Å². The SMILES string of the molecule is O=CCCn1cccc(C(F)(F)F)c1=O. The highest BCUT2D eigenvalue weighted by atomic mass is 19.4. The third kappa shape index (κ3) is 2.68. The van der Waals surface area contributed by atoms with Gasteiger partial charge in [0.1, 0.15) is 11.8 Å². The van der Waals surface area contributed by atoms with Crippen molar-refractivity contribution in [2.45, 2.75) is 19.1 Å². The Balaban J connectivity index is 3.12. The maximum atomic E-state index is 12.3. The van der Waals surface area contributed by atoms with Crippen molar-refractivity contribution in [3.05, 3.63) is 34.2 Å². The molecule has 0 aliphatic carbocycles. The van der Waals surface area contributed by atoms with E-state index in [1.54, 1.807) is 0 Å². The molecule has 0 spiro atoms. The molecule has 0 amide bonds. The van der Waals surface area contributed by atoms with Gasteiger partial charge in [0.05, 0.1) is 0 Å². The van der Waals surface area contributed by atoms with Crippen molar-refractivity contribution in [2.75, 3.05) is 0 Å². The molecule has 0 unspecified atom stereocenters. The van der Waals surface area contributed by atoms with Gasteiger partial charge >= 0.3 is 6.18 Å². The van der Waals surface area contributed by atoms with E-state index in [4.69, 9.17) is 0 Å². The van der Waals surface area contributed by atoms with Crippen LogP contribution in [0.25, 0.3) is 0 Å². The normalized spacial score (nSPS) is 11.4. The fourth-order valence-corrected chi connectivity index (χ4v) is 1.12. The van der Waals surface area contributed by atoms with E-state index in [1.807, 2.05) is 0 Å². The summed E-state index contributed by atoms with van der Waals surface area (Å²) in [7, 11) is 0. The maximum absolute atomic E-state index is 12.3. The smallest absolute Gasteiger partial charge is 0.315 e. The van der Waals surface area contributed by atoms with E-state index in [9.17, 15) is 22.8 Å². The molecule has 0 N–H and O–H groups in total. The molecule has 0 fully saturated rings. The largest absolute Gasteiger partial charge is 0.421 e. The number of halogens is 3. The lowest BCUT2D eigenvalue weighted by Crippen LogP contribution is -2.28. The van der Waals surface area contributed by atoms with Crippen molar-refractivity contribution in [1.82, 2.24) is 4.57 Å². The fourth-order valence-electron chi connectivity index (χ4n) is 1.12. The predicted molar refractivity (Wildman–Crippen MR) is 46.4 cm³/mol. The van der Waals surface area contributed by atoms with Crippen molar-refractivity contribution in [3.8, 4) is 0 Å². The van der Waals surface area contributed by atoms with Crippen molar-refractivity contribution in [3.63, 3.8) is 0 Å². The summed E-state index contributed by atoms with van der Waals surface area (Å²) in [6, 6.07) is 1.86. The first-order valence-corrected chi connectivity index (χ1v) is 4.17. The predicted octanol–water partition coefficient (Wildman–Crippen LogP) is 1.46. The Kier molecular flexibility index (Phi) is 3.28. The quantitative estimate of drug-likeness (QED) is 0.722. The van der Waals surface area contributed by atoms with Gasteiger partial charge in [-0.2, -0.15) is 13.2 Å². The summed E-state index contributed by atoms with van der Waals surface area (Å²) in [6.07, 6.45) is -2.86. The average molecular weight is 219 g/mol. The summed E-state index contributed by atoms with van der Waals surface area (Å²) in [6.45, 7) is -0.0355. The molecule has 15 heavy (non-hydrogen) atoms. The van der Waals surface area contributed by atoms with Crippen LogP contribution in [0.3, 0.4) is 0 Å². The van der Waals surface area contributed by atoms with Gasteiger partial charge in [-0.25, -0.2) is 0 Å². The molecule has 0 saturated carbocycles. The Morgan fingerprint density at radius 1 is 1.40 bits per heavy atom. The van der Waals surface area contributed by atoms with Crippen molar-refractivity contribution < 1.29 is 18.0 Å². The Morgan fingerprint density at radius 2 is 2.07 bits per heavy atom. The Hall–Kier alpha value is -1.59. The summed E-state index contributed by atoms with van der Waals surface area (Å²) in [4.78, 5) is 21.3. The highest BCUT2D eigenvalue weighted by Gasteiger charge is 2.34. The van der Waals surface area contributed by atoms with E-state index >= 15 is 0 Å². The monoisotopic (exact) mass is 219 g/mol. The first kappa shape index (κ1) is 11.5. The zero-order valence-electron chi connectivity index (χ0n) is 7.62. The number of aldehydes is 1. The molecule has 3 nitrogen and oxygen atoms in total. The molecule has 0 radical (unpaired) electrons. The second-order valence-corrected chi connectivity index (χ2v) is 2.87. The van der Waals surface area contributed by atoms with Crippen LogP contribution < -0.4 is 5.56 Å². The first-order valence-electron chi connectivity index (χ1n) is 4.17. The first-order chi connectivity index (χ1) is 6.96. The lowest BCUT2D eigenvalue weighted by atomic mass is 10.2. The number of rotatable bonds is 3. The molecule has 82 valence electrons. The molecule has 0 saturated heterocycles. The number of hydrogen-bond donors (Lipinski definition) is 0. The minimum atomic E-state index is -4.65. The third-order valence-electron chi connectivity index (χ3n) is 1.81. The Morgan fingerprint density at radius 3 is 2.60 bits per heavy atom. The number of hydrogen-bond acceptors (Lipinski definition) is 2. The topological polar surface area (TPSA) is 39.1 Å². The minimum absolute atomic E-state index is 0.0151. The molecule has 1 rings (SSSR count). The molecule has 0 aliphatic rings. The zero-order valence-corrected chi connectivity index (χ0v) is 7.62. The fraction of sp³-hybridized carbons (Fsp3) is 0.333. The van der Waals surface area contributed by atoms with Gasteiger partial charge in [-0.05, 0) is 12.1 Å². The van der Waals surface area contributed by atoms with Crippen LogP contribution in [-0.2, 0) is 17.5 Å². The number of carbonyl (C=O) groups is 1. The van der Waals surface area contributed by atoms with Gasteiger partial charge in [0, 0.05) is 19.2 Å². The molecule has 0 atom stereocenters. The molecule has 6 heteroatoms. The number of nitrogens with zero attached hydrogens (tertiary/aromatic N) is 1. The van der Waals surface area contributed by atoms with Crippen LogP contribution in [0.1, 0.15) is 12.0 Å². The molecule has 1 heterocycles. The van der Waals surface area contributed by atoms with Gasteiger partial charge in [-0.1, -0.05) is 0 Å². The van der Waals surface area contributed by atoms with Gasteiger partial charge in [0.2, 0.25) is 0 Å². The summed E-state index contributed by atoms with van der Waals surface area (Å²) in [5.41, 5.74) is -2.33. The van der Waals surface area contributed by atoms with Crippen LogP contribution in [0, 0.1) is 0 Å². The average Bonchev–Trinajstić information content (AvgIpc) is 2.14. The third-order valence-corrected chi connectivity index (χ3v) is 1.81.